The largest absolute Gasteiger partial charge is 0.309 e. The summed E-state index contributed by atoms with van der Waals surface area (Å²) in [7, 11) is 0. The van der Waals surface area contributed by atoms with Gasteiger partial charge < -0.3 is 9.13 Å². The van der Waals surface area contributed by atoms with Gasteiger partial charge >= 0.3 is 0 Å². The van der Waals surface area contributed by atoms with Crippen molar-refractivity contribution in [2.45, 2.75) is 0 Å². The van der Waals surface area contributed by atoms with E-state index in [1.807, 2.05) is 0 Å². The van der Waals surface area contributed by atoms with Crippen molar-refractivity contribution in [1.29, 1.82) is 0 Å². The Balaban J connectivity index is 1.30. The van der Waals surface area contributed by atoms with Crippen molar-refractivity contribution in [3.05, 3.63) is 158 Å². The van der Waals surface area contributed by atoms with Gasteiger partial charge in [0.2, 0.25) is 0 Å². The lowest BCUT2D eigenvalue weighted by atomic mass is 9.93. The van der Waals surface area contributed by atoms with Crippen LogP contribution in [0.25, 0.3) is 87.3 Å². The predicted octanol–water partition coefficient (Wildman–Crippen LogP) is 11.3. The molecule has 0 spiro atoms. The summed E-state index contributed by atoms with van der Waals surface area (Å²) in [4.78, 5) is 0. The first-order valence-corrected chi connectivity index (χ1v) is 15.2. The maximum Gasteiger partial charge on any atom is 0.0625 e. The fourth-order valence-electron chi connectivity index (χ4n) is 7.66. The minimum atomic E-state index is 1.16. The van der Waals surface area contributed by atoms with Gasteiger partial charge in [0.25, 0.3) is 0 Å². The fourth-order valence-corrected chi connectivity index (χ4v) is 7.66. The molecule has 0 aliphatic rings. The highest BCUT2D eigenvalue weighted by Crippen LogP contribution is 2.44. The molecule has 0 saturated carbocycles. The third-order valence-electron chi connectivity index (χ3n) is 9.47. The predicted molar refractivity (Wildman–Crippen MR) is 188 cm³/mol. The van der Waals surface area contributed by atoms with Crippen LogP contribution in [0.2, 0.25) is 0 Å². The molecule has 8 aromatic carbocycles. The SMILES string of the molecule is c1ccc2c(c1)ccc1c2c2ccccc2c2c1c1ccccc1n2-c1ccc(-n2c3ccccc3c3ccccc32)cc1. The molecule has 0 bridgehead atoms. The highest BCUT2D eigenvalue weighted by atomic mass is 15.0. The van der Waals surface area contributed by atoms with Crippen LogP contribution in [0.4, 0.5) is 0 Å². The summed E-state index contributed by atoms with van der Waals surface area (Å²) in [6, 6.07) is 57.7. The molecule has 0 radical (unpaired) electrons. The van der Waals surface area contributed by atoms with Gasteiger partial charge in [-0.15, -0.1) is 0 Å². The zero-order valence-electron chi connectivity index (χ0n) is 23.9. The molecule has 10 rings (SSSR count). The second kappa shape index (κ2) is 8.82. The maximum atomic E-state index is 2.47. The average Bonchev–Trinajstić information content (AvgIpc) is 3.62. The Hall–Kier alpha value is -5.86. The smallest absolute Gasteiger partial charge is 0.0625 e. The van der Waals surface area contributed by atoms with E-state index in [0.29, 0.717) is 0 Å². The molecule has 0 saturated heterocycles. The van der Waals surface area contributed by atoms with Crippen molar-refractivity contribution in [3.63, 3.8) is 0 Å². The van der Waals surface area contributed by atoms with E-state index in [0.717, 1.165) is 11.4 Å². The first-order chi connectivity index (χ1) is 21.9. The zero-order valence-corrected chi connectivity index (χ0v) is 23.9. The minimum Gasteiger partial charge on any atom is -0.309 e. The lowest BCUT2D eigenvalue weighted by molar-refractivity contribution is 1.15. The summed E-state index contributed by atoms with van der Waals surface area (Å²) >= 11 is 0. The average molecular weight is 559 g/mol. The number of para-hydroxylation sites is 3. The van der Waals surface area contributed by atoms with Gasteiger partial charge in [-0.2, -0.15) is 0 Å². The number of fused-ring (bicyclic) bond motifs is 13. The number of nitrogens with zero attached hydrogens (tertiary/aromatic N) is 2. The van der Waals surface area contributed by atoms with E-state index in [2.05, 4.69) is 167 Å². The van der Waals surface area contributed by atoms with Crippen LogP contribution in [0.3, 0.4) is 0 Å². The highest BCUT2D eigenvalue weighted by molar-refractivity contribution is 6.36. The van der Waals surface area contributed by atoms with E-state index in [9.17, 15) is 0 Å². The molecule has 2 heterocycles. The van der Waals surface area contributed by atoms with Crippen molar-refractivity contribution >= 4 is 75.9 Å². The highest BCUT2D eigenvalue weighted by Gasteiger charge is 2.20. The van der Waals surface area contributed by atoms with Crippen LogP contribution in [0, 0.1) is 0 Å². The zero-order chi connectivity index (χ0) is 28.8. The third-order valence-corrected chi connectivity index (χ3v) is 9.47. The number of hydrogen-bond acceptors (Lipinski definition) is 0. The molecule has 204 valence electrons. The fraction of sp³-hybridized carbons (Fsp3) is 0. The molecule has 0 aliphatic carbocycles. The normalized spacial score (nSPS) is 12.1. The summed E-state index contributed by atoms with van der Waals surface area (Å²) in [6.45, 7) is 0. The Kier molecular flexibility index (Phi) is 4.75. The topological polar surface area (TPSA) is 9.86 Å². The molecule has 0 atom stereocenters. The van der Waals surface area contributed by atoms with Crippen LogP contribution in [-0.2, 0) is 0 Å². The molecule has 0 N–H and O–H groups in total. The quantitative estimate of drug-likeness (QED) is 0.187. The lowest BCUT2D eigenvalue weighted by Crippen LogP contribution is -1.97. The lowest BCUT2D eigenvalue weighted by Gasteiger charge is -2.14. The van der Waals surface area contributed by atoms with Crippen molar-refractivity contribution in [2.24, 2.45) is 0 Å². The molecule has 0 amide bonds. The molecule has 44 heavy (non-hydrogen) atoms. The molecule has 2 heteroatoms. The Labute approximate surface area is 253 Å². The van der Waals surface area contributed by atoms with E-state index < -0.39 is 0 Å². The van der Waals surface area contributed by atoms with Crippen LogP contribution in [0.1, 0.15) is 0 Å². The number of aromatic nitrogens is 2. The second-order valence-corrected chi connectivity index (χ2v) is 11.7. The van der Waals surface area contributed by atoms with E-state index in [4.69, 9.17) is 0 Å². The molecule has 0 fully saturated rings. The van der Waals surface area contributed by atoms with Crippen molar-refractivity contribution in [2.75, 3.05) is 0 Å². The van der Waals surface area contributed by atoms with Crippen LogP contribution in [0.15, 0.2) is 158 Å². The Bertz CT molecular complexity index is 2700. The third kappa shape index (κ3) is 3.09. The van der Waals surface area contributed by atoms with Crippen molar-refractivity contribution < 1.29 is 0 Å². The Morgan fingerprint density at radius 3 is 1.41 bits per heavy atom. The standard InChI is InChI=1S/C42H26N2/c1-2-12-30-27(11-1)21-26-36-40(30)33-15-3-4-16-34(33)42-41(36)35-17-7-10-20-39(35)44(42)29-24-22-28(23-25-29)43-37-18-8-5-13-31(37)32-14-6-9-19-38(32)43/h1-26H. The van der Waals surface area contributed by atoms with Crippen molar-refractivity contribution in [3.8, 4) is 11.4 Å². The monoisotopic (exact) mass is 558 g/mol. The van der Waals surface area contributed by atoms with Gasteiger partial charge in [0.05, 0.1) is 22.1 Å². The summed E-state index contributed by atoms with van der Waals surface area (Å²) in [6.07, 6.45) is 0. The molecular weight excluding hydrogens is 532 g/mol. The Morgan fingerprint density at radius 1 is 0.273 bits per heavy atom. The van der Waals surface area contributed by atoms with E-state index in [-0.39, 0.29) is 0 Å². The number of rotatable bonds is 2. The van der Waals surface area contributed by atoms with Gasteiger partial charge in [0.1, 0.15) is 0 Å². The molecule has 2 nitrogen and oxygen atoms in total. The second-order valence-electron chi connectivity index (χ2n) is 11.7. The van der Waals surface area contributed by atoms with Gasteiger partial charge in [0, 0.05) is 38.3 Å². The number of hydrogen-bond donors (Lipinski definition) is 0. The maximum absolute atomic E-state index is 2.47. The summed E-state index contributed by atoms with van der Waals surface area (Å²) in [5.41, 5.74) is 7.25. The van der Waals surface area contributed by atoms with Gasteiger partial charge in [-0.3, -0.25) is 0 Å². The van der Waals surface area contributed by atoms with Gasteiger partial charge in [-0.05, 0) is 69.4 Å². The summed E-state index contributed by atoms with van der Waals surface area (Å²) in [5.74, 6) is 0. The van der Waals surface area contributed by atoms with E-state index in [1.165, 1.54) is 75.9 Å². The summed E-state index contributed by atoms with van der Waals surface area (Å²) in [5, 5.41) is 12.9. The Morgan fingerprint density at radius 2 is 0.750 bits per heavy atom. The molecule has 0 unspecified atom stereocenters. The van der Waals surface area contributed by atoms with Crippen LogP contribution in [0.5, 0.6) is 0 Å². The molecular formula is C42H26N2. The number of benzene rings is 8. The van der Waals surface area contributed by atoms with E-state index in [1.54, 1.807) is 0 Å². The van der Waals surface area contributed by atoms with Gasteiger partial charge in [0.15, 0.2) is 0 Å². The first kappa shape index (κ1) is 23.7. The van der Waals surface area contributed by atoms with Crippen LogP contribution < -0.4 is 0 Å². The van der Waals surface area contributed by atoms with Crippen LogP contribution in [-0.4, -0.2) is 9.13 Å². The molecule has 0 aliphatic heterocycles. The van der Waals surface area contributed by atoms with E-state index >= 15 is 0 Å². The minimum absolute atomic E-state index is 1.16. The molecule has 10 aromatic rings. The summed E-state index contributed by atoms with van der Waals surface area (Å²) < 4.78 is 4.85. The van der Waals surface area contributed by atoms with Gasteiger partial charge in [-0.25, -0.2) is 0 Å². The molecule has 2 aromatic heterocycles. The van der Waals surface area contributed by atoms with Gasteiger partial charge in [-0.1, -0.05) is 115 Å². The first-order valence-electron chi connectivity index (χ1n) is 15.2. The van der Waals surface area contributed by atoms with Crippen molar-refractivity contribution in [1.82, 2.24) is 9.13 Å². The van der Waals surface area contributed by atoms with Crippen LogP contribution >= 0.6 is 0 Å².